The molecule has 1 amide bonds. The number of aliphatic hydroxyl groups is 1. The molecule has 0 bridgehead atoms. The van der Waals surface area contributed by atoms with Gasteiger partial charge >= 0.3 is 0 Å². The highest BCUT2D eigenvalue weighted by atomic mass is 19.1. The molecule has 1 aromatic carbocycles. The van der Waals surface area contributed by atoms with Gasteiger partial charge in [-0.25, -0.2) is 19.0 Å². The Kier molecular flexibility index (Phi) is 6.17. The number of amides is 1. The first-order valence-electron chi connectivity index (χ1n) is 11.3. The standard InChI is InChI=1S/C23H25FN6O5/c1-29-20(26-13-27-29)16-8-15(24)3-2-14(16)10-25-21(33)17-9-19(32)30-5-7-35-12-23(22(30)28-17)4-6-34-11-18(23)31/h2-3,8-9,13,18,31H,4-7,10-12H2,1H3,(H,25,33). The molecule has 12 heteroatoms. The number of nitrogens with zero attached hydrogens (tertiary/aromatic N) is 5. The van der Waals surface area contributed by atoms with Gasteiger partial charge in [-0.3, -0.25) is 14.2 Å². The largest absolute Gasteiger partial charge is 0.390 e. The molecule has 1 saturated heterocycles. The molecular weight excluding hydrogens is 459 g/mol. The Morgan fingerprint density at radius 1 is 1.31 bits per heavy atom. The number of hydrogen-bond acceptors (Lipinski definition) is 8. The molecule has 2 aliphatic heterocycles. The molecule has 11 nitrogen and oxygen atoms in total. The molecule has 2 aromatic heterocycles. The first-order valence-corrected chi connectivity index (χ1v) is 11.3. The molecule has 2 aliphatic rings. The normalized spacial score (nSPS) is 22.0. The predicted molar refractivity (Wildman–Crippen MR) is 120 cm³/mol. The zero-order valence-corrected chi connectivity index (χ0v) is 19.1. The van der Waals surface area contributed by atoms with E-state index in [2.05, 4.69) is 20.4 Å². The van der Waals surface area contributed by atoms with Crippen molar-refractivity contribution in [1.29, 1.82) is 0 Å². The number of rotatable bonds is 4. The highest BCUT2D eigenvalue weighted by Crippen LogP contribution is 2.35. The number of aromatic nitrogens is 5. The van der Waals surface area contributed by atoms with E-state index in [1.807, 2.05) is 0 Å². The minimum atomic E-state index is -0.945. The zero-order valence-electron chi connectivity index (χ0n) is 19.1. The third-order valence-corrected chi connectivity index (χ3v) is 6.57. The quantitative estimate of drug-likeness (QED) is 0.535. The Balaban J connectivity index is 1.45. The van der Waals surface area contributed by atoms with Crippen LogP contribution in [0.2, 0.25) is 0 Å². The molecule has 0 radical (unpaired) electrons. The van der Waals surface area contributed by atoms with Crippen LogP contribution in [0.15, 0.2) is 35.4 Å². The molecule has 2 atom stereocenters. The Morgan fingerprint density at radius 3 is 2.94 bits per heavy atom. The van der Waals surface area contributed by atoms with Crippen LogP contribution in [0.4, 0.5) is 4.39 Å². The van der Waals surface area contributed by atoms with Gasteiger partial charge in [0.1, 0.15) is 23.7 Å². The number of nitrogens with one attached hydrogen (secondary N) is 1. The van der Waals surface area contributed by atoms with Gasteiger partial charge in [-0.1, -0.05) is 6.07 Å². The number of hydrogen-bond donors (Lipinski definition) is 2. The maximum absolute atomic E-state index is 13.9. The third kappa shape index (κ3) is 4.24. The van der Waals surface area contributed by atoms with Gasteiger partial charge in [-0.05, 0) is 24.1 Å². The minimum absolute atomic E-state index is 0.0477. The molecule has 35 heavy (non-hydrogen) atoms. The van der Waals surface area contributed by atoms with Crippen molar-refractivity contribution in [3.05, 3.63) is 63.8 Å². The van der Waals surface area contributed by atoms with Gasteiger partial charge < -0.3 is 19.9 Å². The van der Waals surface area contributed by atoms with Crippen LogP contribution in [-0.2, 0) is 35.0 Å². The fourth-order valence-corrected chi connectivity index (χ4v) is 4.61. The molecule has 3 aromatic rings. The summed E-state index contributed by atoms with van der Waals surface area (Å²) in [4.78, 5) is 34.7. The van der Waals surface area contributed by atoms with Crippen molar-refractivity contribution in [3.63, 3.8) is 0 Å². The van der Waals surface area contributed by atoms with Crippen molar-refractivity contribution < 1.29 is 23.8 Å². The van der Waals surface area contributed by atoms with Crippen LogP contribution in [0.5, 0.6) is 0 Å². The lowest BCUT2D eigenvalue weighted by molar-refractivity contribution is -0.0882. The summed E-state index contributed by atoms with van der Waals surface area (Å²) >= 11 is 0. The summed E-state index contributed by atoms with van der Waals surface area (Å²) in [6.45, 7) is 1.25. The van der Waals surface area contributed by atoms with Gasteiger partial charge in [-0.15, -0.1) is 0 Å². The summed E-state index contributed by atoms with van der Waals surface area (Å²) in [5.41, 5.74) is -0.304. The number of halogens is 1. The van der Waals surface area contributed by atoms with Crippen LogP contribution in [0.25, 0.3) is 11.4 Å². The molecule has 5 rings (SSSR count). The number of ether oxygens (including phenoxy) is 2. The van der Waals surface area contributed by atoms with E-state index in [-0.39, 0.29) is 32.0 Å². The number of fused-ring (bicyclic) bond motifs is 2. The van der Waals surface area contributed by atoms with Crippen molar-refractivity contribution in [2.45, 2.75) is 31.0 Å². The first-order chi connectivity index (χ1) is 16.9. The van der Waals surface area contributed by atoms with Crippen molar-refractivity contribution in [2.75, 3.05) is 26.4 Å². The Hall–Kier alpha value is -3.48. The molecule has 1 fully saturated rings. The maximum atomic E-state index is 13.9. The molecule has 184 valence electrons. The SMILES string of the molecule is Cn1ncnc1-c1cc(F)ccc1CNC(=O)c1cc(=O)n2c(n1)C1(CCOCC1O)COCC2. The van der Waals surface area contributed by atoms with Crippen molar-refractivity contribution in [2.24, 2.45) is 7.05 Å². The van der Waals surface area contributed by atoms with Crippen LogP contribution in [0.3, 0.4) is 0 Å². The van der Waals surface area contributed by atoms with Gasteiger partial charge in [0.15, 0.2) is 5.82 Å². The van der Waals surface area contributed by atoms with E-state index in [1.54, 1.807) is 13.1 Å². The molecule has 0 saturated carbocycles. The van der Waals surface area contributed by atoms with Crippen LogP contribution >= 0.6 is 0 Å². The predicted octanol–water partition coefficient (Wildman–Crippen LogP) is 0.157. The second kappa shape index (κ2) is 9.29. The van der Waals surface area contributed by atoms with Crippen molar-refractivity contribution in [3.8, 4) is 11.4 Å². The molecule has 4 heterocycles. The second-order valence-electron chi connectivity index (χ2n) is 8.70. The van der Waals surface area contributed by atoms with Crippen LogP contribution < -0.4 is 10.9 Å². The van der Waals surface area contributed by atoms with Gasteiger partial charge in [0.25, 0.3) is 11.5 Å². The van der Waals surface area contributed by atoms with E-state index in [4.69, 9.17) is 9.47 Å². The first kappa shape index (κ1) is 23.3. The van der Waals surface area contributed by atoms with Gasteiger partial charge in [-0.2, -0.15) is 5.10 Å². The van der Waals surface area contributed by atoms with Crippen LogP contribution in [-0.4, -0.2) is 67.9 Å². The Labute approximate surface area is 199 Å². The number of carbonyl (C=O) groups is 1. The molecule has 0 aliphatic carbocycles. The lowest BCUT2D eigenvalue weighted by atomic mass is 9.77. The van der Waals surface area contributed by atoms with Gasteiger partial charge in [0.2, 0.25) is 0 Å². The van der Waals surface area contributed by atoms with Crippen molar-refractivity contribution in [1.82, 2.24) is 29.6 Å². The number of carbonyl (C=O) groups excluding carboxylic acids is 1. The lowest BCUT2D eigenvalue weighted by Crippen LogP contribution is -2.52. The highest BCUT2D eigenvalue weighted by Gasteiger charge is 2.47. The average Bonchev–Trinajstić information content (AvgIpc) is 3.18. The second-order valence-corrected chi connectivity index (χ2v) is 8.70. The average molecular weight is 484 g/mol. The van der Waals surface area contributed by atoms with E-state index in [1.165, 1.54) is 33.8 Å². The summed E-state index contributed by atoms with van der Waals surface area (Å²) in [7, 11) is 1.69. The van der Waals surface area contributed by atoms with Crippen LogP contribution in [0, 0.1) is 5.82 Å². The maximum Gasteiger partial charge on any atom is 0.270 e. The summed E-state index contributed by atoms with van der Waals surface area (Å²) in [6, 6.07) is 5.36. The Morgan fingerprint density at radius 2 is 2.17 bits per heavy atom. The van der Waals surface area contributed by atoms with E-state index in [0.717, 1.165) is 0 Å². The summed E-state index contributed by atoms with van der Waals surface area (Å²) in [5.74, 6) is -0.239. The minimum Gasteiger partial charge on any atom is -0.390 e. The third-order valence-electron chi connectivity index (χ3n) is 6.57. The zero-order chi connectivity index (χ0) is 24.6. The van der Waals surface area contributed by atoms with E-state index < -0.39 is 28.8 Å². The van der Waals surface area contributed by atoms with E-state index >= 15 is 0 Å². The summed E-state index contributed by atoms with van der Waals surface area (Å²) in [5, 5.41) is 17.6. The molecule has 2 unspecified atom stereocenters. The van der Waals surface area contributed by atoms with Crippen LogP contribution in [0.1, 0.15) is 28.3 Å². The monoisotopic (exact) mass is 484 g/mol. The molecular formula is C23H25FN6O5. The Bertz CT molecular complexity index is 1320. The number of aryl methyl sites for hydroxylation is 1. The molecule has 1 spiro atoms. The number of aliphatic hydroxyl groups excluding tert-OH is 1. The van der Waals surface area contributed by atoms with E-state index in [0.29, 0.717) is 42.4 Å². The topological polar surface area (TPSA) is 133 Å². The summed E-state index contributed by atoms with van der Waals surface area (Å²) < 4.78 is 28.0. The lowest BCUT2D eigenvalue weighted by Gasteiger charge is -2.39. The molecule has 2 N–H and O–H groups in total. The van der Waals surface area contributed by atoms with Crippen molar-refractivity contribution >= 4 is 5.91 Å². The van der Waals surface area contributed by atoms with E-state index in [9.17, 15) is 19.1 Å². The summed E-state index contributed by atoms with van der Waals surface area (Å²) in [6.07, 6.45) is 0.835. The fraction of sp³-hybridized carbons (Fsp3) is 0.435. The fourth-order valence-electron chi connectivity index (χ4n) is 4.61. The highest BCUT2D eigenvalue weighted by molar-refractivity contribution is 5.92. The smallest absolute Gasteiger partial charge is 0.270 e. The number of benzene rings is 1. The van der Waals surface area contributed by atoms with Gasteiger partial charge in [0.05, 0.1) is 37.9 Å². The van der Waals surface area contributed by atoms with Gasteiger partial charge in [0, 0.05) is 31.8 Å².